The van der Waals surface area contributed by atoms with E-state index in [0.29, 0.717) is 30.8 Å². The van der Waals surface area contributed by atoms with Gasteiger partial charge in [0, 0.05) is 30.8 Å². The summed E-state index contributed by atoms with van der Waals surface area (Å²) in [6.45, 7) is 7.02. The summed E-state index contributed by atoms with van der Waals surface area (Å²) in [4.78, 5) is 13.0. The van der Waals surface area contributed by atoms with Gasteiger partial charge in [0.1, 0.15) is 5.75 Å². The number of hydrogen-bond acceptors (Lipinski definition) is 4. The van der Waals surface area contributed by atoms with Crippen molar-refractivity contribution in [2.45, 2.75) is 57.6 Å². The first-order valence-corrected chi connectivity index (χ1v) is 11.9. The van der Waals surface area contributed by atoms with Crippen LogP contribution in [0.2, 0.25) is 0 Å². The Morgan fingerprint density at radius 2 is 1.80 bits per heavy atom. The molecule has 1 fully saturated rings. The van der Waals surface area contributed by atoms with E-state index in [1.807, 2.05) is 38.1 Å². The van der Waals surface area contributed by atoms with Gasteiger partial charge in [-0.2, -0.15) is 4.31 Å². The first-order chi connectivity index (χ1) is 14.3. The average molecular weight is 431 g/mol. The smallest absolute Gasteiger partial charge is 0.251 e. The maximum Gasteiger partial charge on any atom is 0.251 e. The third-order valence-electron chi connectivity index (χ3n) is 5.16. The summed E-state index contributed by atoms with van der Waals surface area (Å²) in [5.41, 5.74) is 1.85. The standard InChI is InChI=1S/C23H30N2O4S/c1-17(2)29-21-10-6-5-9-20(21)16-24-23(26)19-12-11-18(3)22(15-19)30(27,28)25-13-7-4-8-14-25/h5-6,9-12,15,17H,4,7-8,13-14,16H2,1-3H3,(H,24,26). The third-order valence-corrected chi connectivity index (χ3v) is 7.20. The highest BCUT2D eigenvalue weighted by Gasteiger charge is 2.28. The molecule has 0 spiro atoms. The van der Waals surface area contributed by atoms with Gasteiger partial charge in [-0.25, -0.2) is 8.42 Å². The lowest BCUT2D eigenvalue weighted by atomic mass is 10.1. The van der Waals surface area contributed by atoms with Gasteiger partial charge in [0.05, 0.1) is 11.0 Å². The number of carbonyl (C=O) groups excluding carboxylic acids is 1. The number of hydrogen-bond donors (Lipinski definition) is 1. The molecular formula is C23H30N2O4S. The fourth-order valence-electron chi connectivity index (χ4n) is 3.56. The van der Waals surface area contributed by atoms with E-state index in [-0.39, 0.29) is 16.9 Å². The molecule has 0 unspecified atom stereocenters. The minimum atomic E-state index is -3.60. The van der Waals surface area contributed by atoms with Gasteiger partial charge in [-0.3, -0.25) is 4.79 Å². The van der Waals surface area contributed by atoms with Crippen molar-refractivity contribution in [3.05, 3.63) is 59.2 Å². The van der Waals surface area contributed by atoms with Crippen molar-refractivity contribution in [3.63, 3.8) is 0 Å². The molecule has 30 heavy (non-hydrogen) atoms. The molecule has 2 aromatic carbocycles. The lowest BCUT2D eigenvalue weighted by Crippen LogP contribution is -2.36. The van der Waals surface area contributed by atoms with E-state index in [2.05, 4.69) is 5.32 Å². The van der Waals surface area contributed by atoms with Crippen molar-refractivity contribution < 1.29 is 17.9 Å². The lowest BCUT2D eigenvalue weighted by molar-refractivity contribution is 0.0950. The SMILES string of the molecule is Cc1ccc(C(=O)NCc2ccccc2OC(C)C)cc1S(=O)(=O)N1CCCCC1. The summed E-state index contributed by atoms with van der Waals surface area (Å²) in [6, 6.07) is 12.4. The number of piperidine rings is 1. The van der Waals surface area contributed by atoms with Crippen molar-refractivity contribution in [2.75, 3.05) is 13.1 Å². The monoisotopic (exact) mass is 430 g/mol. The highest BCUT2D eigenvalue weighted by atomic mass is 32.2. The number of para-hydroxylation sites is 1. The molecule has 0 aromatic heterocycles. The molecule has 1 saturated heterocycles. The van der Waals surface area contributed by atoms with Crippen LogP contribution in [0.15, 0.2) is 47.4 Å². The van der Waals surface area contributed by atoms with E-state index in [9.17, 15) is 13.2 Å². The van der Waals surface area contributed by atoms with Crippen LogP contribution < -0.4 is 10.1 Å². The summed E-state index contributed by atoms with van der Waals surface area (Å²) < 4.78 is 33.5. The number of aryl methyl sites for hydroxylation is 1. The first kappa shape index (κ1) is 22.3. The van der Waals surface area contributed by atoms with Crippen LogP contribution in [0.3, 0.4) is 0 Å². The number of ether oxygens (including phenoxy) is 1. The topological polar surface area (TPSA) is 75.7 Å². The number of rotatable bonds is 7. The normalized spacial score (nSPS) is 15.2. The van der Waals surface area contributed by atoms with E-state index in [1.54, 1.807) is 19.1 Å². The van der Waals surface area contributed by atoms with E-state index in [4.69, 9.17) is 4.74 Å². The van der Waals surface area contributed by atoms with Gasteiger partial charge in [-0.15, -0.1) is 0 Å². The van der Waals surface area contributed by atoms with E-state index < -0.39 is 10.0 Å². The molecule has 162 valence electrons. The first-order valence-electron chi connectivity index (χ1n) is 10.4. The van der Waals surface area contributed by atoms with Gasteiger partial charge < -0.3 is 10.1 Å². The van der Waals surface area contributed by atoms with Gasteiger partial charge >= 0.3 is 0 Å². The summed E-state index contributed by atoms with van der Waals surface area (Å²) in [5.74, 6) is 0.412. The quantitative estimate of drug-likeness (QED) is 0.723. The highest BCUT2D eigenvalue weighted by molar-refractivity contribution is 7.89. The number of nitrogens with zero attached hydrogens (tertiary/aromatic N) is 1. The molecule has 0 radical (unpaired) electrons. The van der Waals surface area contributed by atoms with Crippen LogP contribution in [-0.2, 0) is 16.6 Å². The third kappa shape index (κ3) is 5.21. The second kappa shape index (κ2) is 9.62. The predicted molar refractivity (Wildman–Crippen MR) is 117 cm³/mol. The van der Waals surface area contributed by atoms with Crippen LogP contribution in [0.1, 0.15) is 54.6 Å². The Kier molecular flexibility index (Phi) is 7.15. The number of nitrogens with one attached hydrogen (secondary N) is 1. The fourth-order valence-corrected chi connectivity index (χ4v) is 5.33. The molecule has 2 aromatic rings. The Bertz CT molecular complexity index is 996. The molecule has 1 N–H and O–H groups in total. The minimum absolute atomic E-state index is 0.0292. The zero-order chi connectivity index (χ0) is 21.7. The van der Waals surface area contributed by atoms with Crippen LogP contribution >= 0.6 is 0 Å². The van der Waals surface area contributed by atoms with Gasteiger partial charge in [0.2, 0.25) is 10.0 Å². The maximum absolute atomic E-state index is 13.1. The number of carbonyl (C=O) groups is 1. The number of benzene rings is 2. The lowest BCUT2D eigenvalue weighted by Gasteiger charge is -2.26. The summed E-state index contributed by atoms with van der Waals surface area (Å²) in [6.07, 6.45) is 2.82. The second-order valence-electron chi connectivity index (χ2n) is 7.90. The molecule has 0 aliphatic carbocycles. The van der Waals surface area contributed by atoms with Gasteiger partial charge in [0.25, 0.3) is 5.91 Å². The number of sulfonamides is 1. The molecule has 1 heterocycles. The van der Waals surface area contributed by atoms with E-state index in [0.717, 1.165) is 30.6 Å². The summed E-state index contributed by atoms with van der Waals surface area (Å²) >= 11 is 0. The van der Waals surface area contributed by atoms with Crippen LogP contribution in [0.25, 0.3) is 0 Å². The van der Waals surface area contributed by atoms with Crippen molar-refractivity contribution in [3.8, 4) is 5.75 Å². The van der Waals surface area contributed by atoms with Gasteiger partial charge in [0.15, 0.2) is 0 Å². The second-order valence-corrected chi connectivity index (χ2v) is 9.81. The molecule has 0 bridgehead atoms. The van der Waals surface area contributed by atoms with Crippen molar-refractivity contribution in [2.24, 2.45) is 0 Å². The van der Waals surface area contributed by atoms with E-state index in [1.165, 1.54) is 10.4 Å². The van der Waals surface area contributed by atoms with Gasteiger partial charge in [-0.1, -0.05) is 30.7 Å². The zero-order valence-corrected chi connectivity index (χ0v) is 18.7. The Morgan fingerprint density at radius 3 is 2.50 bits per heavy atom. The fraction of sp³-hybridized carbons (Fsp3) is 0.435. The number of amides is 1. The Hall–Kier alpha value is -2.38. The predicted octanol–water partition coefficient (Wildman–Crippen LogP) is 3.89. The zero-order valence-electron chi connectivity index (χ0n) is 17.8. The largest absolute Gasteiger partial charge is 0.491 e. The molecule has 1 aliphatic rings. The van der Waals surface area contributed by atoms with Crippen molar-refractivity contribution in [1.82, 2.24) is 9.62 Å². The molecule has 7 heteroatoms. The molecule has 6 nitrogen and oxygen atoms in total. The Morgan fingerprint density at radius 1 is 1.10 bits per heavy atom. The molecular weight excluding hydrogens is 400 g/mol. The summed E-state index contributed by atoms with van der Waals surface area (Å²) in [5, 5.41) is 2.88. The Labute approximate surface area is 179 Å². The molecule has 1 amide bonds. The van der Waals surface area contributed by atoms with Crippen LogP contribution in [0.4, 0.5) is 0 Å². The molecule has 0 atom stereocenters. The van der Waals surface area contributed by atoms with E-state index >= 15 is 0 Å². The van der Waals surface area contributed by atoms with Gasteiger partial charge in [-0.05, 0) is 57.4 Å². The van der Waals surface area contributed by atoms with Crippen molar-refractivity contribution in [1.29, 1.82) is 0 Å². The minimum Gasteiger partial charge on any atom is -0.491 e. The Balaban J connectivity index is 1.77. The van der Waals surface area contributed by atoms with Crippen LogP contribution in [0.5, 0.6) is 5.75 Å². The molecule has 3 rings (SSSR count). The highest BCUT2D eigenvalue weighted by Crippen LogP contribution is 2.25. The van der Waals surface area contributed by atoms with Crippen LogP contribution in [-0.4, -0.2) is 37.8 Å². The van der Waals surface area contributed by atoms with Crippen molar-refractivity contribution >= 4 is 15.9 Å². The van der Waals surface area contributed by atoms with Crippen LogP contribution in [0, 0.1) is 6.92 Å². The maximum atomic E-state index is 13.1. The molecule has 0 saturated carbocycles. The summed E-state index contributed by atoms with van der Waals surface area (Å²) in [7, 11) is -3.60. The molecule has 1 aliphatic heterocycles. The average Bonchev–Trinajstić information content (AvgIpc) is 2.73.